The van der Waals surface area contributed by atoms with Crippen molar-refractivity contribution < 1.29 is 14.6 Å². The van der Waals surface area contributed by atoms with Crippen LogP contribution in [0.2, 0.25) is 0 Å². The van der Waals surface area contributed by atoms with Gasteiger partial charge in [0.15, 0.2) is 0 Å². The Kier molecular flexibility index (Phi) is 5.56. The van der Waals surface area contributed by atoms with Crippen LogP contribution in [0, 0.1) is 0 Å². The van der Waals surface area contributed by atoms with Gasteiger partial charge < -0.3 is 14.7 Å². The Morgan fingerprint density at radius 3 is 2.56 bits per heavy atom. The van der Waals surface area contributed by atoms with Crippen LogP contribution in [0.25, 0.3) is 5.57 Å². The molecule has 1 aromatic heterocycles. The van der Waals surface area contributed by atoms with E-state index in [9.17, 15) is 9.90 Å². The second-order valence-electron chi connectivity index (χ2n) is 7.92. The van der Waals surface area contributed by atoms with Crippen LogP contribution in [0.4, 0.5) is 5.95 Å². The van der Waals surface area contributed by atoms with Gasteiger partial charge >= 0.3 is 5.97 Å². The lowest BCUT2D eigenvalue weighted by atomic mass is 9.93. The largest absolute Gasteiger partial charge is 0.488 e. The number of carbonyl (C=O) groups is 1. The molecule has 3 aromatic rings. The maximum absolute atomic E-state index is 11.6. The van der Waals surface area contributed by atoms with Crippen LogP contribution < -0.4 is 9.64 Å². The molecule has 0 bridgehead atoms. The molecular formula is C25H24N4O3. The number of piperazine rings is 1. The molecule has 2 aliphatic rings. The summed E-state index contributed by atoms with van der Waals surface area (Å²) in [5.74, 6) is 0.544. The molecule has 3 heterocycles. The average Bonchev–Trinajstić information content (AvgIpc) is 3.00. The lowest BCUT2D eigenvalue weighted by Gasteiger charge is -2.34. The Morgan fingerprint density at radius 2 is 1.78 bits per heavy atom. The van der Waals surface area contributed by atoms with Gasteiger partial charge in [0.05, 0.1) is 5.56 Å². The fourth-order valence-electron chi connectivity index (χ4n) is 4.23. The maximum Gasteiger partial charge on any atom is 0.335 e. The van der Waals surface area contributed by atoms with Crippen molar-refractivity contribution in [3.63, 3.8) is 0 Å². The molecule has 32 heavy (non-hydrogen) atoms. The fraction of sp³-hybridized carbons (Fsp3) is 0.240. The van der Waals surface area contributed by atoms with Gasteiger partial charge in [0.25, 0.3) is 0 Å². The lowest BCUT2D eigenvalue weighted by Crippen LogP contribution is -2.47. The van der Waals surface area contributed by atoms with Crippen molar-refractivity contribution in [1.82, 2.24) is 14.9 Å². The summed E-state index contributed by atoms with van der Waals surface area (Å²) in [6, 6.07) is 15.1. The third kappa shape index (κ3) is 4.07. The van der Waals surface area contributed by atoms with Crippen molar-refractivity contribution in [2.45, 2.75) is 6.61 Å². The molecule has 1 N–H and O–H groups in total. The normalized spacial score (nSPS) is 17.2. The molecule has 5 rings (SSSR count). The Bertz CT molecular complexity index is 1150. The quantitative estimate of drug-likeness (QED) is 0.683. The van der Waals surface area contributed by atoms with E-state index in [-0.39, 0.29) is 5.56 Å². The molecule has 0 saturated carbocycles. The number of benzene rings is 2. The van der Waals surface area contributed by atoms with Gasteiger partial charge in [0.2, 0.25) is 5.95 Å². The van der Waals surface area contributed by atoms with Gasteiger partial charge in [-0.2, -0.15) is 0 Å². The second kappa shape index (κ2) is 8.80. The Balaban J connectivity index is 1.41. The van der Waals surface area contributed by atoms with Crippen LogP contribution in [0.3, 0.4) is 0 Å². The van der Waals surface area contributed by atoms with Crippen LogP contribution in [-0.2, 0) is 6.61 Å². The molecule has 1 saturated heterocycles. The zero-order valence-electron chi connectivity index (χ0n) is 17.6. The molecule has 162 valence electrons. The van der Waals surface area contributed by atoms with Crippen LogP contribution in [0.1, 0.15) is 27.0 Å². The van der Waals surface area contributed by atoms with Crippen LogP contribution in [0.5, 0.6) is 5.75 Å². The van der Waals surface area contributed by atoms with E-state index in [1.807, 2.05) is 18.2 Å². The minimum atomic E-state index is -0.941. The number of ether oxygens (including phenoxy) is 1. The van der Waals surface area contributed by atoms with E-state index in [4.69, 9.17) is 4.74 Å². The first-order valence-corrected chi connectivity index (χ1v) is 10.7. The molecule has 1 fully saturated rings. The summed E-state index contributed by atoms with van der Waals surface area (Å²) in [6.45, 7) is 4.77. The molecule has 2 aromatic carbocycles. The molecule has 0 aliphatic carbocycles. The van der Waals surface area contributed by atoms with Gasteiger partial charge in [0, 0.05) is 50.7 Å². The van der Waals surface area contributed by atoms with Crippen molar-refractivity contribution in [2.24, 2.45) is 0 Å². The minimum Gasteiger partial charge on any atom is -0.488 e. The first kappa shape index (κ1) is 20.2. The molecule has 7 heteroatoms. The van der Waals surface area contributed by atoms with Gasteiger partial charge in [-0.1, -0.05) is 30.3 Å². The fourth-order valence-corrected chi connectivity index (χ4v) is 4.23. The smallest absolute Gasteiger partial charge is 0.335 e. The standard InChI is InChI=1S/C25H24N4O3/c30-24(31)18-6-7-23-22(16-18)21(20-5-2-1-4-19(20)17-32-23)8-11-28-12-14-29(15-13-28)25-26-9-3-10-27-25/h1-10,16H,11-15,17H2,(H,30,31)/b21-8+. The molecule has 2 aliphatic heterocycles. The molecule has 0 amide bonds. The number of aromatic carboxylic acids is 1. The topological polar surface area (TPSA) is 78.8 Å². The number of hydrogen-bond acceptors (Lipinski definition) is 6. The lowest BCUT2D eigenvalue weighted by molar-refractivity contribution is 0.0697. The van der Waals surface area contributed by atoms with Gasteiger partial charge in [-0.25, -0.2) is 14.8 Å². The van der Waals surface area contributed by atoms with Gasteiger partial charge in [-0.15, -0.1) is 0 Å². The Morgan fingerprint density at radius 1 is 1.00 bits per heavy atom. The third-order valence-electron chi connectivity index (χ3n) is 5.97. The summed E-state index contributed by atoms with van der Waals surface area (Å²) in [7, 11) is 0. The van der Waals surface area contributed by atoms with Crippen molar-refractivity contribution in [1.29, 1.82) is 0 Å². The number of fused-ring (bicyclic) bond motifs is 2. The molecule has 0 atom stereocenters. The molecule has 0 radical (unpaired) electrons. The summed E-state index contributed by atoms with van der Waals surface area (Å²) < 4.78 is 6.03. The van der Waals surface area contributed by atoms with E-state index < -0.39 is 5.97 Å². The predicted molar refractivity (Wildman–Crippen MR) is 122 cm³/mol. The first-order chi connectivity index (χ1) is 15.7. The van der Waals surface area contributed by atoms with E-state index in [1.165, 1.54) is 0 Å². The third-order valence-corrected chi connectivity index (χ3v) is 5.97. The van der Waals surface area contributed by atoms with E-state index in [1.54, 1.807) is 30.6 Å². The molecule has 0 unspecified atom stereocenters. The number of carboxylic acids is 1. The number of rotatable bonds is 4. The van der Waals surface area contributed by atoms with Crippen LogP contribution in [-0.4, -0.2) is 58.7 Å². The van der Waals surface area contributed by atoms with Crippen LogP contribution in [0.15, 0.2) is 67.0 Å². The van der Waals surface area contributed by atoms with Gasteiger partial charge in [-0.05, 0) is 41.0 Å². The van der Waals surface area contributed by atoms with Gasteiger partial charge in [0.1, 0.15) is 12.4 Å². The Hall–Kier alpha value is -3.71. The van der Waals surface area contributed by atoms with Crippen molar-refractivity contribution >= 4 is 17.5 Å². The highest BCUT2D eigenvalue weighted by molar-refractivity contribution is 5.92. The summed E-state index contributed by atoms with van der Waals surface area (Å²) in [4.78, 5) is 24.9. The number of aromatic nitrogens is 2. The van der Waals surface area contributed by atoms with E-state index >= 15 is 0 Å². The van der Waals surface area contributed by atoms with Crippen LogP contribution >= 0.6 is 0 Å². The van der Waals surface area contributed by atoms with Crippen molar-refractivity contribution in [3.05, 3.63) is 89.3 Å². The second-order valence-corrected chi connectivity index (χ2v) is 7.92. The average molecular weight is 428 g/mol. The number of hydrogen-bond donors (Lipinski definition) is 1. The highest BCUT2D eigenvalue weighted by Crippen LogP contribution is 2.37. The minimum absolute atomic E-state index is 0.258. The summed E-state index contributed by atoms with van der Waals surface area (Å²) >= 11 is 0. The number of carboxylic acid groups (broad SMARTS) is 1. The summed E-state index contributed by atoms with van der Waals surface area (Å²) in [5.41, 5.74) is 4.29. The van der Waals surface area contributed by atoms with E-state index in [0.29, 0.717) is 12.4 Å². The highest BCUT2D eigenvalue weighted by Gasteiger charge is 2.22. The predicted octanol–water partition coefficient (Wildman–Crippen LogP) is 3.32. The summed E-state index contributed by atoms with van der Waals surface area (Å²) in [5, 5.41) is 9.51. The molecule has 7 nitrogen and oxygen atoms in total. The monoisotopic (exact) mass is 428 g/mol. The highest BCUT2D eigenvalue weighted by atomic mass is 16.5. The van der Waals surface area contributed by atoms with Crippen molar-refractivity contribution in [3.8, 4) is 5.75 Å². The molecule has 0 spiro atoms. The van der Waals surface area contributed by atoms with Crippen molar-refractivity contribution in [2.75, 3.05) is 37.6 Å². The molecular weight excluding hydrogens is 404 g/mol. The number of anilines is 1. The van der Waals surface area contributed by atoms with E-state index in [0.717, 1.165) is 60.9 Å². The van der Waals surface area contributed by atoms with E-state index in [2.05, 4.69) is 38.0 Å². The summed E-state index contributed by atoms with van der Waals surface area (Å²) in [6.07, 6.45) is 5.74. The Labute approximate surface area is 186 Å². The maximum atomic E-state index is 11.6. The zero-order chi connectivity index (χ0) is 21.9. The first-order valence-electron chi connectivity index (χ1n) is 10.7. The number of nitrogens with zero attached hydrogens (tertiary/aromatic N) is 4. The SMILES string of the molecule is O=C(O)c1ccc2c(c1)/C(=C/CN1CCN(c3ncccn3)CC1)c1ccccc1CO2. The zero-order valence-corrected chi connectivity index (χ0v) is 17.6. The van der Waals surface area contributed by atoms with Gasteiger partial charge in [-0.3, -0.25) is 4.90 Å².